The Labute approximate surface area is 154 Å². The molecule has 0 bridgehead atoms. The van der Waals surface area contributed by atoms with Gasteiger partial charge in [0.25, 0.3) is 0 Å². The SMILES string of the molecule is COc1cccc(OCCNC(=O)/C=C/c2ccccc2OC(F)(F)F)c1. The van der Waals surface area contributed by atoms with Crippen molar-refractivity contribution >= 4 is 12.0 Å². The number of alkyl halides is 3. The molecule has 0 unspecified atom stereocenters. The predicted molar refractivity (Wildman–Crippen MR) is 93.7 cm³/mol. The van der Waals surface area contributed by atoms with Gasteiger partial charge in [-0.2, -0.15) is 0 Å². The van der Waals surface area contributed by atoms with Gasteiger partial charge in [0.15, 0.2) is 0 Å². The molecular formula is C19H18F3NO4. The number of hydrogen-bond donors (Lipinski definition) is 1. The number of hydrogen-bond acceptors (Lipinski definition) is 4. The summed E-state index contributed by atoms with van der Waals surface area (Å²) in [6.45, 7) is 0.446. The first kappa shape index (κ1) is 20.2. The maximum absolute atomic E-state index is 12.4. The molecule has 0 aromatic heterocycles. The Hall–Kier alpha value is -3.16. The molecule has 2 aromatic carbocycles. The standard InChI is InChI=1S/C19H18F3NO4/c1-25-15-6-4-7-16(13-15)26-12-11-23-18(24)10-9-14-5-2-3-8-17(14)27-19(20,21)22/h2-10,13H,11-12H2,1H3,(H,23,24)/b10-9+. The molecule has 0 saturated carbocycles. The predicted octanol–water partition coefficient (Wildman–Crippen LogP) is 3.80. The zero-order chi connectivity index (χ0) is 19.7. The second kappa shape index (κ2) is 9.51. The van der Waals surface area contributed by atoms with Crippen LogP contribution in [0.15, 0.2) is 54.6 Å². The van der Waals surface area contributed by atoms with E-state index in [4.69, 9.17) is 9.47 Å². The van der Waals surface area contributed by atoms with Crippen LogP contribution >= 0.6 is 0 Å². The quantitative estimate of drug-likeness (QED) is 0.558. The minimum Gasteiger partial charge on any atom is -0.497 e. The zero-order valence-corrected chi connectivity index (χ0v) is 14.5. The molecule has 27 heavy (non-hydrogen) atoms. The molecule has 0 aliphatic heterocycles. The van der Waals surface area contributed by atoms with E-state index in [1.165, 1.54) is 24.3 Å². The first-order valence-corrected chi connectivity index (χ1v) is 7.95. The number of carbonyl (C=O) groups excluding carboxylic acids is 1. The van der Waals surface area contributed by atoms with Crippen LogP contribution in [0.25, 0.3) is 6.08 Å². The lowest BCUT2D eigenvalue weighted by Gasteiger charge is -2.11. The summed E-state index contributed by atoms with van der Waals surface area (Å²) in [5, 5.41) is 2.57. The van der Waals surface area contributed by atoms with Crippen molar-refractivity contribution in [3.8, 4) is 17.2 Å². The van der Waals surface area contributed by atoms with E-state index in [0.29, 0.717) is 11.5 Å². The highest BCUT2D eigenvalue weighted by Gasteiger charge is 2.31. The average molecular weight is 381 g/mol. The molecule has 0 fully saturated rings. The maximum Gasteiger partial charge on any atom is 0.573 e. The normalized spacial score (nSPS) is 11.3. The Bertz CT molecular complexity index is 791. The Balaban J connectivity index is 1.82. The minimum atomic E-state index is -4.80. The molecule has 2 rings (SSSR count). The van der Waals surface area contributed by atoms with Gasteiger partial charge in [0.2, 0.25) is 5.91 Å². The first-order chi connectivity index (χ1) is 12.9. The van der Waals surface area contributed by atoms with E-state index < -0.39 is 12.3 Å². The van der Waals surface area contributed by atoms with E-state index in [1.807, 2.05) is 0 Å². The largest absolute Gasteiger partial charge is 0.573 e. The van der Waals surface area contributed by atoms with Crippen LogP contribution in [0.3, 0.4) is 0 Å². The summed E-state index contributed by atoms with van der Waals surface area (Å²) in [5.74, 6) is 0.401. The molecule has 5 nitrogen and oxygen atoms in total. The molecule has 1 N–H and O–H groups in total. The molecule has 0 atom stereocenters. The summed E-state index contributed by atoms with van der Waals surface area (Å²) in [6.07, 6.45) is -2.42. The number of nitrogens with one attached hydrogen (secondary N) is 1. The van der Waals surface area contributed by atoms with Crippen molar-refractivity contribution in [1.82, 2.24) is 5.32 Å². The maximum atomic E-state index is 12.4. The number of benzene rings is 2. The fourth-order valence-electron chi connectivity index (χ4n) is 2.09. The van der Waals surface area contributed by atoms with Gasteiger partial charge in [-0.05, 0) is 24.3 Å². The smallest absolute Gasteiger partial charge is 0.497 e. The van der Waals surface area contributed by atoms with Gasteiger partial charge in [0, 0.05) is 17.7 Å². The van der Waals surface area contributed by atoms with Crippen molar-refractivity contribution in [2.75, 3.05) is 20.3 Å². The number of amides is 1. The van der Waals surface area contributed by atoms with E-state index in [9.17, 15) is 18.0 Å². The molecule has 0 heterocycles. The fourth-order valence-corrected chi connectivity index (χ4v) is 2.09. The Kier molecular flexibility index (Phi) is 7.10. The fraction of sp³-hybridized carbons (Fsp3) is 0.211. The van der Waals surface area contributed by atoms with Gasteiger partial charge in [-0.15, -0.1) is 13.2 Å². The van der Waals surface area contributed by atoms with Gasteiger partial charge in [-0.1, -0.05) is 24.3 Å². The second-order valence-corrected chi connectivity index (χ2v) is 5.24. The molecular weight excluding hydrogens is 363 g/mol. The monoisotopic (exact) mass is 381 g/mol. The summed E-state index contributed by atoms with van der Waals surface area (Å²) in [4.78, 5) is 11.8. The lowest BCUT2D eigenvalue weighted by molar-refractivity contribution is -0.274. The minimum absolute atomic E-state index is 0.137. The van der Waals surface area contributed by atoms with E-state index in [0.717, 1.165) is 6.08 Å². The Morgan fingerprint density at radius 1 is 1.11 bits per heavy atom. The van der Waals surface area contributed by atoms with Gasteiger partial charge >= 0.3 is 6.36 Å². The van der Waals surface area contributed by atoms with Crippen LogP contribution in [-0.4, -0.2) is 32.5 Å². The van der Waals surface area contributed by atoms with Crippen LogP contribution < -0.4 is 19.5 Å². The van der Waals surface area contributed by atoms with Crippen LogP contribution in [0.4, 0.5) is 13.2 Å². The molecule has 8 heteroatoms. The topological polar surface area (TPSA) is 56.8 Å². The van der Waals surface area contributed by atoms with Crippen molar-refractivity contribution in [3.05, 3.63) is 60.2 Å². The van der Waals surface area contributed by atoms with Crippen LogP contribution in [0.5, 0.6) is 17.2 Å². The molecule has 0 saturated heterocycles. The number of carbonyl (C=O) groups is 1. The van der Waals surface area contributed by atoms with Crippen LogP contribution in [-0.2, 0) is 4.79 Å². The lowest BCUT2D eigenvalue weighted by atomic mass is 10.2. The molecule has 2 aromatic rings. The van der Waals surface area contributed by atoms with Crippen molar-refractivity contribution in [1.29, 1.82) is 0 Å². The molecule has 0 aliphatic rings. The highest BCUT2D eigenvalue weighted by atomic mass is 19.4. The van der Waals surface area contributed by atoms with Gasteiger partial charge in [0.1, 0.15) is 23.9 Å². The number of halogens is 3. The Morgan fingerprint density at radius 2 is 1.85 bits per heavy atom. The third-order valence-corrected chi connectivity index (χ3v) is 3.27. The van der Waals surface area contributed by atoms with Gasteiger partial charge in [0.05, 0.1) is 13.7 Å². The van der Waals surface area contributed by atoms with Crippen molar-refractivity contribution in [2.45, 2.75) is 6.36 Å². The van der Waals surface area contributed by atoms with E-state index >= 15 is 0 Å². The molecule has 0 radical (unpaired) electrons. The molecule has 0 spiro atoms. The average Bonchev–Trinajstić information content (AvgIpc) is 2.63. The van der Waals surface area contributed by atoms with Crippen molar-refractivity contribution in [2.24, 2.45) is 0 Å². The van der Waals surface area contributed by atoms with E-state index in [2.05, 4.69) is 10.1 Å². The molecule has 1 amide bonds. The number of rotatable bonds is 8. The van der Waals surface area contributed by atoms with Crippen molar-refractivity contribution < 1.29 is 32.2 Å². The van der Waals surface area contributed by atoms with E-state index in [-0.39, 0.29) is 24.5 Å². The number of para-hydroxylation sites is 1. The summed E-state index contributed by atoms with van der Waals surface area (Å²) >= 11 is 0. The summed E-state index contributed by atoms with van der Waals surface area (Å²) in [5.41, 5.74) is 0.137. The number of methoxy groups -OCH3 is 1. The zero-order valence-electron chi connectivity index (χ0n) is 14.5. The highest BCUT2D eigenvalue weighted by Crippen LogP contribution is 2.26. The van der Waals surface area contributed by atoms with Gasteiger partial charge in [-0.3, -0.25) is 4.79 Å². The van der Waals surface area contributed by atoms with Crippen LogP contribution in [0.2, 0.25) is 0 Å². The molecule has 144 valence electrons. The number of ether oxygens (including phenoxy) is 3. The van der Waals surface area contributed by atoms with Gasteiger partial charge in [-0.25, -0.2) is 0 Å². The summed E-state index contributed by atoms with van der Waals surface area (Å²) in [7, 11) is 1.55. The Morgan fingerprint density at radius 3 is 2.59 bits per heavy atom. The van der Waals surface area contributed by atoms with E-state index in [1.54, 1.807) is 37.4 Å². The third kappa shape index (κ3) is 7.31. The van der Waals surface area contributed by atoms with Crippen LogP contribution in [0.1, 0.15) is 5.56 Å². The summed E-state index contributed by atoms with van der Waals surface area (Å²) < 4.78 is 51.6. The van der Waals surface area contributed by atoms with Gasteiger partial charge < -0.3 is 19.5 Å². The third-order valence-electron chi connectivity index (χ3n) is 3.27. The second-order valence-electron chi connectivity index (χ2n) is 5.24. The van der Waals surface area contributed by atoms with Crippen LogP contribution in [0, 0.1) is 0 Å². The lowest BCUT2D eigenvalue weighted by Crippen LogP contribution is -2.26. The highest BCUT2D eigenvalue weighted by molar-refractivity contribution is 5.92. The summed E-state index contributed by atoms with van der Waals surface area (Å²) in [6, 6.07) is 12.6. The first-order valence-electron chi connectivity index (χ1n) is 7.95. The van der Waals surface area contributed by atoms with Crippen molar-refractivity contribution in [3.63, 3.8) is 0 Å². The molecule has 0 aliphatic carbocycles.